The quantitative estimate of drug-likeness (QED) is 0.650. The van der Waals surface area contributed by atoms with E-state index in [1.807, 2.05) is 18.2 Å². The number of aliphatic carboxylic acids is 1. The van der Waals surface area contributed by atoms with Gasteiger partial charge in [0, 0.05) is 24.5 Å². The van der Waals surface area contributed by atoms with Crippen molar-refractivity contribution in [1.29, 1.82) is 0 Å². The van der Waals surface area contributed by atoms with Crippen molar-refractivity contribution in [3.05, 3.63) is 75.9 Å². The highest BCUT2D eigenvalue weighted by atomic mass is 35.5. The van der Waals surface area contributed by atoms with Crippen LogP contribution in [-0.2, 0) is 17.8 Å². The Kier molecular flexibility index (Phi) is 5.83. The van der Waals surface area contributed by atoms with Gasteiger partial charge in [-0.05, 0) is 24.1 Å². The van der Waals surface area contributed by atoms with Crippen molar-refractivity contribution in [2.75, 3.05) is 11.9 Å². The number of carbonyl (C=O) groups is 1. The molecule has 2 N–H and O–H groups in total. The van der Waals surface area contributed by atoms with Crippen LogP contribution >= 0.6 is 11.6 Å². The minimum absolute atomic E-state index is 0.0231. The van der Waals surface area contributed by atoms with Crippen molar-refractivity contribution < 1.29 is 9.90 Å². The van der Waals surface area contributed by atoms with Crippen LogP contribution in [0.5, 0.6) is 0 Å². The summed E-state index contributed by atoms with van der Waals surface area (Å²) < 4.78 is 1.13. The molecule has 0 atom stereocenters. The Morgan fingerprint density at radius 1 is 1.15 bits per heavy atom. The standard InChI is InChI=1S/C19H17ClN4O3/c20-17-16(14-4-2-1-3-5-14)24(12-15(25)26)19(27)18(23-17)22-11-8-13-6-9-21-10-7-13/h1-7,9-10H,8,11-12H2,(H,22,23)(H,25,26). The second-order valence-corrected chi connectivity index (χ2v) is 6.14. The maximum absolute atomic E-state index is 12.8. The monoisotopic (exact) mass is 384 g/mol. The molecule has 0 amide bonds. The number of carboxylic acids is 1. The lowest BCUT2D eigenvalue weighted by Gasteiger charge is -2.15. The normalized spacial score (nSPS) is 10.6. The number of anilines is 1. The van der Waals surface area contributed by atoms with Gasteiger partial charge in [-0.2, -0.15) is 0 Å². The zero-order chi connectivity index (χ0) is 19.2. The molecule has 0 spiro atoms. The molecule has 2 heterocycles. The van der Waals surface area contributed by atoms with Gasteiger partial charge in [-0.25, -0.2) is 4.98 Å². The van der Waals surface area contributed by atoms with E-state index >= 15 is 0 Å². The summed E-state index contributed by atoms with van der Waals surface area (Å²) in [6.07, 6.45) is 4.04. The minimum atomic E-state index is -1.14. The molecule has 27 heavy (non-hydrogen) atoms. The number of halogens is 1. The van der Waals surface area contributed by atoms with E-state index in [1.54, 1.807) is 36.7 Å². The number of nitrogens with zero attached hydrogens (tertiary/aromatic N) is 3. The van der Waals surface area contributed by atoms with Gasteiger partial charge in [0.15, 0.2) is 11.0 Å². The van der Waals surface area contributed by atoms with Crippen molar-refractivity contribution in [2.24, 2.45) is 0 Å². The van der Waals surface area contributed by atoms with Crippen LogP contribution in [0.15, 0.2) is 59.7 Å². The topological polar surface area (TPSA) is 97.1 Å². The summed E-state index contributed by atoms with van der Waals surface area (Å²) in [5, 5.41) is 12.2. The van der Waals surface area contributed by atoms with Gasteiger partial charge in [0.1, 0.15) is 6.54 Å². The third-order valence-electron chi connectivity index (χ3n) is 3.92. The van der Waals surface area contributed by atoms with Crippen molar-refractivity contribution in [3.8, 4) is 11.3 Å². The number of hydrogen-bond donors (Lipinski definition) is 2. The number of hydrogen-bond acceptors (Lipinski definition) is 5. The summed E-state index contributed by atoms with van der Waals surface area (Å²) in [6, 6.07) is 12.6. The van der Waals surface area contributed by atoms with Gasteiger partial charge in [-0.1, -0.05) is 41.9 Å². The molecular formula is C19H17ClN4O3. The van der Waals surface area contributed by atoms with E-state index < -0.39 is 18.1 Å². The molecule has 8 heteroatoms. The molecule has 3 rings (SSSR count). The molecule has 0 bridgehead atoms. The van der Waals surface area contributed by atoms with Gasteiger partial charge in [0.2, 0.25) is 0 Å². The van der Waals surface area contributed by atoms with Gasteiger partial charge >= 0.3 is 5.97 Å². The Labute approximate surface area is 160 Å². The Morgan fingerprint density at radius 2 is 1.85 bits per heavy atom. The molecular weight excluding hydrogens is 368 g/mol. The number of benzene rings is 1. The fourth-order valence-corrected chi connectivity index (χ4v) is 2.98. The minimum Gasteiger partial charge on any atom is -0.480 e. The fraction of sp³-hybridized carbons (Fsp3) is 0.158. The summed E-state index contributed by atoms with van der Waals surface area (Å²) in [7, 11) is 0. The fourth-order valence-electron chi connectivity index (χ4n) is 2.69. The summed E-state index contributed by atoms with van der Waals surface area (Å²) in [4.78, 5) is 32.2. The average Bonchev–Trinajstić information content (AvgIpc) is 2.67. The zero-order valence-electron chi connectivity index (χ0n) is 14.3. The van der Waals surface area contributed by atoms with Gasteiger partial charge in [-0.15, -0.1) is 0 Å². The molecule has 0 unspecified atom stereocenters. The maximum atomic E-state index is 12.8. The molecule has 0 aliphatic carbocycles. The molecule has 3 aromatic rings. The molecule has 138 valence electrons. The lowest BCUT2D eigenvalue weighted by atomic mass is 10.1. The number of carboxylic acid groups (broad SMARTS) is 1. The van der Waals surface area contributed by atoms with Crippen LogP contribution in [-0.4, -0.2) is 32.2 Å². The predicted octanol–water partition coefficient (Wildman–Crippen LogP) is 2.70. The predicted molar refractivity (Wildman–Crippen MR) is 103 cm³/mol. The van der Waals surface area contributed by atoms with Crippen LogP contribution in [0.25, 0.3) is 11.3 Å². The summed E-state index contributed by atoms with van der Waals surface area (Å²) in [6.45, 7) is -0.0648. The largest absolute Gasteiger partial charge is 0.480 e. The van der Waals surface area contributed by atoms with E-state index in [-0.39, 0.29) is 16.7 Å². The second-order valence-electron chi connectivity index (χ2n) is 5.78. The van der Waals surface area contributed by atoms with Crippen molar-refractivity contribution in [2.45, 2.75) is 13.0 Å². The Morgan fingerprint density at radius 3 is 2.52 bits per heavy atom. The van der Waals surface area contributed by atoms with E-state index in [9.17, 15) is 14.7 Å². The highest BCUT2D eigenvalue weighted by Crippen LogP contribution is 2.26. The molecule has 1 aromatic carbocycles. The summed E-state index contributed by atoms with van der Waals surface area (Å²) in [5.74, 6) is -1.12. The Bertz CT molecular complexity index is 991. The Hall–Kier alpha value is -3.19. The highest BCUT2D eigenvalue weighted by Gasteiger charge is 2.18. The van der Waals surface area contributed by atoms with Crippen LogP contribution in [0.4, 0.5) is 5.82 Å². The lowest BCUT2D eigenvalue weighted by Crippen LogP contribution is -2.30. The molecule has 0 aliphatic rings. The number of aromatic nitrogens is 3. The Balaban J connectivity index is 1.93. The first-order valence-corrected chi connectivity index (χ1v) is 8.64. The first-order valence-electron chi connectivity index (χ1n) is 8.26. The first kappa shape index (κ1) is 18.6. The van der Waals surface area contributed by atoms with E-state index in [0.717, 1.165) is 10.1 Å². The third kappa shape index (κ3) is 4.51. The maximum Gasteiger partial charge on any atom is 0.323 e. The van der Waals surface area contributed by atoms with E-state index in [1.165, 1.54) is 0 Å². The molecule has 0 radical (unpaired) electrons. The van der Waals surface area contributed by atoms with E-state index in [0.29, 0.717) is 18.5 Å². The van der Waals surface area contributed by atoms with Crippen molar-refractivity contribution in [3.63, 3.8) is 0 Å². The number of nitrogens with one attached hydrogen (secondary N) is 1. The van der Waals surface area contributed by atoms with E-state index in [4.69, 9.17) is 11.6 Å². The highest BCUT2D eigenvalue weighted by molar-refractivity contribution is 6.32. The van der Waals surface area contributed by atoms with Crippen LogP contribution in [0.1, 0.15) is 5.56 Å². The second kappa shape index (κ2) is 8.46. The SMILES string of the molecule is O=C(O)Cn1c(-c2ccccc2)c(Cl)nc(NCCc2ccncc2)c1=O. The van der Waals surface area contributed by atoms with Gasteiger partial charge < -0.3 is 10.4 Å². The molecule has 7 nitrogen and oxygen atoms in total. The third-order valence-corrected chi connectivity index (χ3v) is 4.18. The van der Waals surface area contributed by atoms with Crippen LogP contribution in [0, 0.1) is 0 Å². The van der Waals surface area contributed by atoms with Gasteiger partial charge in [-0.3, -0.25) is 19.1 Å². The van der Waals surface area contributed by atoms with Crippen LogP contribution in [0.2, 0.25) is 5.15 Å². The molecule has 0 aliphatic heterocycles. The lowest BCUT2D eigenvalue weighted by molar-refractivity contribution is -0.137. The smallest absolute Gasteiger partial charge is 0.323 e. The first-order chi connectivity index (χ1) is 13.1. The average molecular weight is 385 g/mol. The number of rotatable bonds is 7. The molecule has 0 saturated heterocycles. The molecule has 2 aromatic heterocycles. The summed E-state index contributed by atoms with van der Waals surface area (Å²) >= 11 is 6.31. The summed E-state index contributed by atoms with van der Waals surface area (Å²) in [5.41, 5.74) is 1.42. The van der Waals surface area contributed by atoms with Gasteiger partial charge in [0.05, 0.1) is 5.69 Å². The van der Waals surface area contributed by atoms with Crippen molar-refractivity contribution >= 4 is 23.4 Å². The van der Waals surface area contributed by atoms with Gasteiger partial charge in [0.25, 0.3) is 5.56 Å². The van der Waals surface area contributed by atoms with Crippen LogP contribution < -0.4 is 10.9 Å². The zero-order valence-corrected chi connectivity index (χ0v) is 15.1. The van der Waals surface area contributed by atoms with Crippen molar-refractivity contribution in [1.82, 2.24) is 14.5 Å². The molecule has 0 fully saturated rings. The molecule has 0 saturated carbocycles. The van der Waals surface area contributed by atoms with Crippen LogP contribution in [0.3, 0.4) is 0 Å². The van der Waals surface area contributed by atoms with E-state index in [2.05, 4.69) is 15.3 Å². The number of pyridine rings is 1.